The molecule has 1 aliphatic carbocycles. The maximum atomic E-state index is 13.6. The monoisotopic (exact) mass is 326 g/mol. The molecule has 0 fully saturated rings. The minimum atomic E-state index is -0.293. The first-order valence-electron chi connectivity index (χ1n) is 7.62. The van der Waals surface area contributed by atoms with E-state index in [1.54, 1.807) is 35.9 Å². The average Bonchev–Trinajstić information content (AvgIpc) is 2.96. The Morgan fingerprint density at radius 1 is 1.17 bits per heavy atom. The van der Waals surface area contributed by atoms with Gasteiger partial charge in [-0.2, -0.15) is 5.10 Å². The number of aromatic nitrogens is 2. The molecule has 1 N–H and O–H groups in total. The van der Waals surface area contributed by atoms with Gasteiger partial charge in [-0.15, -0.1) is 11.3 Å². The molecule has 23 heavy (non-hydrogen) atoms. The molecular weight excluding hydrogens is 311 g/mol. The molecule has 0 aliphatic heterocycles. The van der Waals surface area contributed by atoms with Crippen molar-refractivity contribution in [1.82, 2.24) is 9.97 Å². The van der Waals surface area contributed by atoms with Crippen LogP contribution in [0.5, 0.6) is 0 Å². The lowest BCUT2D eigenvalue weighted by Gasteiger charge is -2.11. The zero-order valence-electron chi connectivity index (χ0n) is 12.4. The molecule has 0 saturated heterocycles. The number of benzene rings is 1. The van der Waals surface area contributed by atoms with E-state index in [9.17, 15) is 4.39 Å². The summed E-state index contributed by atoms with van der Waals surface area (Å²) in [5.74, 6) is 0.404. The number of halogens is 1. The zero-order chi connectivity index (χ0) is 15.6. The Morgan fingerprint density at radius 2 is 2.04 bits per heavy atom. The van der Waals surface area contributed by atoms with E-state index in [1.165, 1.54) is 35.6 Å². The Bertz CT molecular complexity index is 887. The number of nitrogens with zero attached hydrogens (tertiary/aromatic N) is 3. The summed E-state index contributed by atoms with van der Waals surface area (Å²) in [6, 6.07) is 6.54. The summed E-state index contributed by atoms with van der Waals surface area (Å²) < 4.78 is 13.6. The number of anilines is 1. The molecule has 3 aromatic rings. The fraction of sp³-hybridized carbons (Fsp3) is 0.235. The van der Waals surface area contributed by atoms with Crippen LogP contribution >= 0.6 is 11.3 Å². The molecule has 2 heterocycles. The highest BCUT2D eigenvalue weighted by molar-refractivity contribution is 7.19. The van der Waals surface area contributed by atoms with Crippen LogP contribution < -0.4 is 5.43 Å². The third-order valence-electron chi connectivity index (χ3n) is 4.03. The Kier molecular flexibility index (Phi) is 3.75. The van der Waals surface area contributed by atoms with Gasteiger partial charge in [-0.25, -0.2) is 14.4 Å². The molecule has 0 radical (unpaired) electrons. The van der Waals surface area contributed by atoms with Gasteiger partial charge in [-0.05, 0) is 37.3 Å². The van der Waals surface area contributed by atoms with Crippen LogP contribution in [0.25, 0.3) is 10.2 Å². The van der Waals surface area contributed by atoms with Gasteiger partial charge >= 0.3 is 0 Å². The third-order valence-corrected chi connectivity index (χ3v) is 5.23. The molecule has 6 heteroatoms. The van der Waals surface area contributed by atoms with Crippen molar-refractivity contribution in [2.45, 2.75) is 25.7 Å². The van der Waals surface area contributed by atoms with E-state index in [2.05, 4.69) is 20.5 Å². The average molecular weight is 326 g/mol. The SMILES string of the molecule is Fc1ccccc1/C=N\Nc1ncnc2sc3c(c12)CCCC3. The van der Waals surface area contributed by atoms with E-state index < -0.39 is 0 Å². The molecule has 0 unspecified atom stereocenters. The van der Waals surface area contributed by atoms with Gasteiger partial charge in [0.05, 0.1) is 11.6 Å². The van der Waals surface area contributed by atoms with Crippen LogP contribution in [-0.2, 0) is 12.8 Å². The predicted octanol–water partition coefficient (Wildman–Crippen LogP) is 4.16. The summed E-state index contributed by atoms with van der Waals surface area (Å²) in [6.07, 6.45) is 7.64. The highest BCUT2D eigenvalue weighted by Crippen LogP contribution is 2.38. The van der Waals surface area contributed by atoms with Crippen molar-refractivity contribution in [3.05, 3.63) is 52.4 Å². The van der Waals surface area contributed by atoms with Crippen LogP contribution in [0.3, 0.4) is 0 Å². The molecule has 116 valence electrons. The van der Waals surface area contributed by atoms with Gasteiger partial charge < -0.3 is 0 Å². The van der Waals surface area contributed by atoms with E-state index >= 15 is 0 Å². The molecule has 4 nitrogen and oxygen atoms in total. The van der Waals surface area contributed by atoms with E-state index in [4.69, 9.17) is 0 Å². The first-order valence-corrected chi connectivity index (χ1v) is 8.43. The highest BCUT2D eigenvalue weighted by atomic mass is 32.1. The van der Waals surface area contributed by atoms with Gasteiger partial charge in [0, 0.05) is 10.4 Å². The maximum Gasteiger partial charge on any atom is 0.158 e. The Hall–Kier alpha value is -2.34. The van der Waals surface area contributed by atoms with Crippen LogP contribution in [-0.4, -0.2) is 16.2 Å². The number of rotatable bonds is 3. The van der Waals surface area contributed by atoms with E-state index in [0.717, 1.165) is 23.1 Å². The van der Waals surface area contributed by atoms with Gasteiger partial charge in [-0.3, -0.25) is 5.43 Å². The zero-order valence-corrected chi connectivity index (χ0v) is 13.2. The van der Waals surface area contributed by atoms with Gasteiger partial charge in [0.25, 0.3) is 0 Å². The topological polar surface area (TPSA) is 50.2 Å². The van der Waals surface area contributed by atoms with E-state index in [0.29, 0.717) is 11.4 Å². The van der Waals surface area contributed by atoms with Crippen molar-refractivity contribution in [1.29, 1.82) is 0 Å². The van der Waals surface area contributed by atoms with Crippen molar-refractivity contribution in [3.8, 4) is 0 Å². The van der Waals surface area contributed by atoms with E-state index in [-0.39, 0.29) is 5.82 Å². The van der Waals surface area contributed by atoms with Gasteiger partial charge in [-0.1, -0.05) is 18.2 Å². The summed E-state index contributed by atoms with van der Waals surface area (Å²) in [4.78, 5) is 11.1. The summed E-state index contributed by atoms with van der Waals surface area (Å²) in [5, 5.41) is 5.22. The van der Waals surface area contributed by atoms with Crippen molar-refractivity contribution in [2.24, 2.45) is 5.10 Å². The predicted molar refractivity (Wildman–Crippen MR) is 91.7 cm³/mol. The van der Waals surface area contributed by atoms with Crippen LogP contribution in [0.2, 0.25) is 0 Å². The summed E-state index contributed by atoms with van der Waals surface area (Å²) in [5.41, 5.74) is 4.75. The van der Waals surface area contributed by atoms with Crippen LogP contribution in [0.15, 0.2) is 35.7 Å². The number of fused-ring (bicyclic) bond motifs is 3. The Morgan fingerprint density at radius 3 is 2.96 bits per heavy atom. The molecular formula is C17H15FN4S. The second kappa shape index (κ2) is 6.04. The normalized spacial score (nSPS) is 14.3. The number of thiophene rings is 1. The second-order valence-electron chi connectivity index (χ2n) is 5.50. The number of hydrazone groups is 1. The molecule has 0 bridgehead atoms. The van der Waals surface area contributed by atoms with Gasteiger partial charge in [0.15, 0.2) is 5.82 Å². The molecule has 2 aromatic heterocycles. The minimum Gasteiger partial charge on any atom is -0.261 e. The quantitative estimate of drug-likeness (QED) is 0.581. The Balaban J connectivity index is 1.67. The lowest BCUT2D eigenvalue weighted by molar-refractivity contribution is 0.626. The van der Waals surface area contributed by atoms with Gasteiger partial charge in [0.1, 0.15) is 17.0 Å². The smallest absolute Gasteiger partial charge is 0.158 e. The molecule has 0 spiro atoms. The van der Waals surface area contributed by atoms with Crippen molar-refractivity contribution >= 4 is 33.6 Å². The van der Waals surface area contributed by atoms with Crippen LogP contribution in [0, 0.1) is 5.82 Å². The maximum absolute atomic E-state index is 13.6. The largest absolute Gasteiger partial charge is 0.261 e. The minimum absolute atomic E-state index is 0.293. The number of nitrogens with one attached hydrogen (secondary N) is 1. The Labute approximate surface area is 137 Å². The van der Waals surface area contributed by atoms with Crippen LogP contribution in [0.4, 0.5) is 10.2 Å². The lowest BCUT2D eigenvalue weighted by Crippen LogP contribution is -2.01. The molecule has 0 saturated carbocycles. The standard InChI is InChI=1S/C17H15FN4S/c18-13-7-3-1-5-11(13)9-21-22-16-15-12-6-2-4-8-14(12)23-17(15)20-10-19-16/h1,3,5,7,9-10H,2,4,6,8H2,(H,19,20,22)/b21-9-. The fourth-order valence-electron chi connectivity index (χ4n) is 2.92. The highest BCUT2D eigenvalue weighted by Gasteiger charge is 2.19. The van der Waals surface area contributed by atoms with Gasteiger partial charge in [0.2, 0.25) is 0 Å². The van der Waals surface area contributed by atoms with E-state index in [1.807, 2.05) is 0 Å². The number of aryl methyl sites for hydroxylation is 2. The summed E-state index contributed by atoms with van der Waals surface area (Å²) >= 11 is 1.74. The number of hydrogen-bond acceptors (Lipinski definition) is 5. The van der Waals surface area contributed by atoms with Crippen molar-refractivity contribution < 1.29 is 4.39 Å². The van der Waals surface area contributed by atoms with Crippen molar-refractivity contribution in [3.63, 3.8) is 0 Å². The third kappa shape index (κ3) is 2.70. The summed E-state index contributed by atoms with van der Waals surface area (Å²) in [7, 11) is 0. The first-order chi connectivity index (χ1) is 11.3. The number of hydrogen-bond donors (Lipinski definition) is 1. The summed E-state index contributed by atoms with van der Waals surface area (Å²) in [6.45, 7) is 0. The van der Waals surface area contributed by atoms with Crippen molar-refractivity contribution in [2.75, 3.05) is 5.43 Å². The second-order valence-corrected chi connectivity index (χ2v) is 6.59. The fourth-order valence-corrected chi connectivity index (χ4v) is 4.15. The lowest BCUT2D eigenvalue weighted by atomic mass is 9.97. The first kappa shape index (κ1) is 14.3. The molecule has 0 amide bonds. The van der Waals surface area contributed by atoms with Crippen LogP contribution in [0.1, 0.15) is 28.8 Å². The molecule has 4 rings (SSSR count). The molecule has 1 aliphatic rings. The molecule has 1 aromatic carbocycles. The molecule has 0 atom stereocenters.